The summed E-state index contributed by atoms with van der Waals surface area (Å²) < 4.78 is 0. The molecule has 0 aliphatic carbocycles. The molecule has 3 rings (SSSR count). The monoisotopic (exact) mass is 261 g/mol. The molecule has 0 amide bonds. The number of hydrogen-bond donors (Lipinski definition) is 2. The van der Waals surface area contributed by atoms with Gasteiger partial charge in [0.2, 0.25) is 5.95 Å². The number of benzene rings is 2. The zero-order chi connectivity index (χ0) is 13.8. The molecule has 3 aromatic rings. The fourth-order valence-electron chi connectivity index (χ4n) is 1.82. The van der Waals surface area contributed by atoms with E-state index in [9.17, 15) is 0 Å². The van der Waals surface area contributed by atoms with Crippen molar-refractivity contribution in [1.29, 1.82) is 5.26 Å². The summed E-state index contributed by atoms with van der Waals surface area (Å²) in [5.41, 5.74) is 6.24. The topological polar surface area (TPSA) is 76.9 Å². The first kappa shape index (κ1) is 11.9. The summed E-state index contributed by atoms with van der Waals surface area (Å²) in [5.74, 6) is 0.594. The summed E-state index contributed by atoms with van der Waals surface area (Å²) in [5, 5.41) is 12.8. The molecule has 0 atom stereocenters. The van der Waals surface area contributed by atoms with E-state index >= 15 is 0 Å². The summed E-state index contributed by atoms with van der Waals surface area (Å²) in [6, 6.07) is 17.0. The van der Waals surface area contributed by atoms with Crippen LogP contribution in [0.3, 0.4) is 0 Å². The van der Waals surface area contributed by atoms with E-state index in [1.54, 1.807) is 18.3 Å². The molecule has 5 heteroatoms. The summed E-state index contributed by atoms with van der Waals surface area (Å²) in [6.45, 7) is 0. The molecule has 1 aromatic heterocycles. The van der Waals surface area contributed by atoms with Crippen molar-refractivity contribution in [2.75, 3.05) is 5.43 Å². The first-order chi connectivity index (χ1) is 9.85. The van der Waals surface area contributed by atoms with E-state index in [-0.39, 0.29) is 0 Å². The number of aromatic nitrogens is 2. The lowest BCUT2D eigenvalue weighted by Gasteiger charge is -1.94. The number of aromatic amines is 1. The van der Waals surface area contributed by atoms with E-state index in [1.165, 1.54) is 0 Å². The predicted molar refractivity (Wildman–Crippen MR) is 78.5 cm³/mol. The molecule has 2 aromatic carbocycles. The van der Waals surface area contributed by atoms with E-state index in [1.807, 2.05) is 36.4 Å². The predicted octanol–water partition coefficient (Wildman–Crippen LogP) is 2.88. The fourth-order valence-corrected chi connectivity index (χ4v) is 1.82. The zero-order valence-electron chi connectivity index (χ0n) is 10.5. The van der Waals surface area contributed by atoms with Crippen LogP contribution in [0.1, 0.15) is 11.1 Å². The van der Waals surface area contributed by atoms with Gasteiger partial charge in [0.05, 0.1) is 28.9 Å². The van der Waals surface area contributed by atoms with E-state index in [2.05, 4.69) is 26.6 Å². The lowest BCUT2D eigenvalue weighted by atomic mass is 10.2. The molecule has 0 aliphatic rings. The van der Waals surface area contributed by atoms with Gasteiger partial charge in [-0.25, -0.2) is 10.4 Å². The molecule has 5 nitrogen and oxygen atoms in total. The smallest absolute Gasteiger partial charge is 0.222 e. The maximum atomic E-state index is 8.71. The molecular weight excluding hydrogens is 250 g/mol. The number of para-hydroxylation sites is 2. The molecule has 0 spiro atoms. The van der Waals surface area contributed by atoms with Crippen molar-refractivity contribution in [2.24, 2.45) is 5.10 Å². The van der Waals surface area contributed by atoms with Crippen LogP contribution in [0.2, 0.25) is 0 Å². The van der Waals surface area contributed by atoms with E-state index < -0.39 is 0 Å². The first-order valence-corrected chi connectivity index (χ1v) is 6.09. The molecule has 0 saturated heterocycles. The third-order valence-corrected chi connectivity index (χ3v) is 2.81. The molecule has 0 aliphatic heterocycles. The van der Waals surface area contributed by atoms with Gasteiger partial charge >= 0.3 is 0 Å². The van der Waals surface area contributed by atoms with Gasteiger partial charge in [-0.3, -0.25) is 0 Å². The summed E-state index contributed by atoms with van der Waals surface area (Å²) in [4.78, 5) is 7.47. The van der Waals surface area contributed by atoms with Crippen LogP contribution in [0.15, 0.2) is 53.6 Å². The van der Waals surface area contributed by atoms with Crippen LogP contribution in [0, 0.1) is 11.3 Å². The van der Waals surface area contributed by atoms with Gasteiger partial charge in [-0.1, -0.05) is 24.3 Å². The largest absolute Gasteiger partial charge is 0.323 e. The van der Waals surface area contributed by atoms with Gasteiger partial charge in [0.15, 0.2) is 0 Å². The van der Waals surface area contributed by atoms with Crippen molar-refractivity contribution in [3.05, 3.63) is 59.7 Å². The van der Waals surface area contributed by atoms with Crippen LogP contribution in [-0.4, -0.2) is 16.2 Å². The third-order valence-electron chi connectivity index (χ3n) is 2.81. The number of H-pyrrole nitrogens is 1. The maximum Gasteiger partial charge on any atom is 0.222 e. The highest BCUT2D eigenvalue weighted by Crippen LogP contribution is 2.13. The Hall–Kier alpha value is -3.13. The summed E-state index contributed by atoms with van der Waals surface area (Å²) in [6.07, 6.45) is 1.67. The van der Waals surface area contributed by atoms with Gasteiger partial charge in [-0.2, -0.15) is 10.4 Å². The summed E-state index contributed by atoms with van der Waals surface area (Å²) in [7, 11) is 0. The van der Waals surface area contributed by atoms with Crippen LogP contribution in [0.4, 0.5) is 5.95 Å². The standard InChI is InChI=1S/C15H11N5/c16-9-11-5-7-12(8-6-11)10-17-20-15-18-13-3-1-2-4-14(13)19-15/h1-8,10H,(H2,18,19,20)/b17-10-. The lowest BCUT2D eigenvalue weighted by molar-refractivity contribution is 1.21. The minimum Gasteiger partial charge on any atom is -0.323 e. The van der Waals surface area contributed by atoms with Gasteiger partial charge in [0, 0.05) is 0 Å². The van der Waals surface area contributed by atoms with E-state index in [0.29, 0.717) is 11.5 Å². The Morgan fingerprint density at radius 1 is 1.15 bits per heavy atom. The second kappa shape index (κ2) is 5.24. The third kappa shape index (κ3) is 2.49. The number of fused-ring (bicyclic) bond motifs is 1. The zero-order valence-corrected chi connectivity index (χ0v) is 10.5. The first-order valence-electron chi connectivity index (χ1n) is 6.09. The van der Waals surface area contributed by atoms with Gasteiger partial charge < -0.3 is 4.98 Å². The van der Waals surface area contributed by atoms with Crippen molar-refractivity contribution in [3.8, 4) is 6.07 Å². The van der Waals surface area contributed by atoms with Crippen molar-refractivity contribution < 1.29 is 0 Å². The Morgan fingerprint density at radius 2 is 1.95 bits per heavy atom. The highest BCUT2D eigenvalue weighted by molar-refractivity contribution is 5.81. The van der Waals surface area contributed by atoms with Gasteiger partial charge in [-0.05, 0) is 29.8 Å². The number of nitrogens with zero attached hydrogens (tertiary/aromatic N) is 3. The normalized spacial score (nSPS) is 10.8. The SMILES string of the molecule is N#Cc1ccc(/C=N\Nc2nc3ccccc3[nH]2)cc1. The number of rotatable bonds is 3. The number of nitriles is 1. The fraction of sp³-hybridized carbons (Fsp3) is 0. The Morgan fingerprint density at radius 3 is 2.70 bits per heavy atom. The number of hydrazone groups is 1. The van der Waals surface area contributed by atoms with Gasteiger partial charge in [0.1, 0.15) is 0 Å². The van der Waals surface area contributed by atoms with Gasteiger partial charge in [-0.15, -0.1) is 0 Å². The number of hydrogen-bond acceptors (Lipinski definition) is 4. The summed E-state index contributed by atoms with van der Waals surface area (Å²) >= 11 is 0. The average molecular weight is 261 g/mol. The number of nitrogens with one attached hydrogen (secondary N) is 2. The van der Waals surface area contributed by atoms with Crippen molar-refractivity contribution in [3.63, 3.8) is 0 Å². The Kier molecular flexibility index (Phi) is 3.13. The Labute approximate surface area is 115 Å². The van der Waals surface area contributed by atoms with E-state index in [4.69, 9.17) is 5.26 Å². The second-order valence-corrected chi connectivity index (χ2v) is 4.21. The van der Waals surface area contributed by atoms with Crippen molar-refractivity contribution >= 4 is 23.2 Å². The quantitative estimate of drug-likeness (QED) is 0.562. The molecule has 0 radical (unpaired) electrons. The molecule has 0 saturated carbocycles. The molecule has 0 bridgehead atoms. The van der Waals surface area contributed by atoms with Crippen LogP contribution in [0.25, 0.3) is 11.0 Å². The number of anilines is 1. The van der Waals surface area contributed by atoms with Crippen LogP contribution in [-0.2, 0) is 0 Å². The van der Waals surface area contributed by atoms with Crippen molar-refractivity contribution in [2.45, 2.75) is 0 Å². The van der Waals surface area contributed by atoms with Crippen LogP contribution in [0.5, 0.6) is 0 Å². The van der Waals surface area contributed by atoms with Crippen LogP contribution < -0.4 is 5.43 Å². The number of imidazole rings is 1. The van der Waals surface area contributed by atoms with Gasteiger partial charge in [0.25, 0.3) is 0 Å². The average Bonchev–Trinajstić information content (AvgIpc) is 2.90. The Bertz CT molecular complexity index is 760. The molecule has 1 heterocycles. The minimum absolute atomic E-state index is 0.594. The lowest BCUT2D eigenvalue weighted by Crippen LogP contribution is -1.92. The second-order valence-electron chi connectivity index (χ2n) is 4.21. The highest BCUT2D eigenvalue weighted by Gasteiger charge is 1.99. The molecule has 20 heavy (non-hydrogen) atoms. The molecule has 0 fully saturated rings. The molecule has 2 N–H and O–H groups in total. The molecule has 0 unspecified atom stereocenters. The highest BCUT2D eigenvalue weighted by atomic mass is 15.3. The maximum absolute atomic E-state index is 8.71. The van der Waals surface area contributed by atoms with Crippen molar-refractivity contribution in [1.82, 2.24) is 9.97 Å². The van der Waals surface area contributed by atoms with Crippen LogP contribution >= 0.6 is 0 Å². The minimum atomic E-state index is 0.594. The molecular formula is C15H11N5. The van der Waals surface area contributed by atoms with E-state index in [0.717, 1.165) is 16.6 Å². The Balaban J connectivity index is 1.71. The molecule has 96 valence electrons.